The molecule has 1 aliphatic heterocycles. The van der Waals surface area contributed by atoms with Crippen molar-refractivity contribution in [3.8, 4) is 0 Å². The van der Waals surface area contributed by atoms with Crippen molar-refractivity contribution < 1.29 is 14.7 Å². The van der Waals surface area contributed by atoms with Gasteiger partial charge in [0.15, 0.2) is 0 Å². The second-order valence-corrected chi connectivity index (χ2v) is 6.12. The van der Waals surface area contributed by atoms with Gasteiger partial charge in [0.2, 0.25) is 11.8 Å². The largest absolute Gasteiger partial charge is 0.384 e. The highest BCUT2D eigenvalue weighted by Gasteiger charge is 2.25. The van der Waals surface area contributed by atoms with Crippen molar-refractivity contribution in [2.45, 2.75) is 31.8 Å². The van der Waals surface area contributed by atoms with E-state index in [9.17, 15) is 14.7 Å². The van der Waals surface area contributed by atoms with E-state index in [1.807, 2.05) is 16.8 Å². The molecule has 0 aliphatic carbocycles. The summed E-state index contributed by atoms with van der Waals surface area (Å²) in [5.41, 5.74) is -0.293. The molecule has 6 heteroatoms. The van der Waals surface area contributed by atoms with Gasteiger partial charge in [-0.1, -0.05) is 0 Å². The first-order valence-corrected chi connectivity index (χ1v) is 7.73. The van der Waals surface area contributed by atoms with E-state index < -0.39 is 5.60 Å². The van der Waals surface area contributed by atoms with Gasteiger partial charge in [-0.05, 0) is 42.2 Å². The molecule has 1 aromatic heterocycles. The Balaban J connectivity index is 1.81. The second-order valence-electron chi connectivity index (χ2n) is 5.34. The molecule has 2 N–H and O–H groups in total. The summed E-state index contributed by atoms with van der Waals surface area (Å²) in [5, 5.41) is 16.7. The molecule has 1 saturated heterocycles. The number of nitrogens with zero attached hydrogens (tertiary/aromatic N) is 1. The van der Waals surface area contributed by atoms with Gasteiger partial charge in [0, 0.05) is 13.0 Å². The van der Waals surface area contributed by atoms with Crippen LogP contribution < -0.4 is 5.32 Å². The van der Waals surface area contributed by atoms with E-state index in [0.717, 1.165) is 18.4 Å². The van der Waals surface area contributed by atoms with Gasteiger partial charge < -0.3 is 15.3 Å². The predicted octanol–water partition coefficient (Wildman–Crippen LogP) is 1.08. The average molecular weight is 296 g/mol. The maximum Gasteiger partial charge on any atom is 0.239 e. The Bertz CT molecular complexity index is 471. The van der Waals surface area contributed by atoms with E-state index >= 15 is 0 Å². The number of hydrogen-bond acceptors (Lipinski definition) is 4. The molecule has 0 spiro atoms. The van der Waals surface area contributed by atoms with Gasteiger partial charge in [0.25, 0.3) is 0 Å². The Labute approximate surface area is 122 Å². The molecule has 1 aromatic rings. The van der Waals surface area contributed by atoms with Crippen molar-refractivity contribution in [1.82, 2.24) is 10.2 Å². The molecule has 0 radical (unpaired) electrons. The average Bonchev–Trinajstić information content (AvgIpc) is 2.94. The number of carbonyl (C=O) groups excluding carboxylic acids is 2. The van der Waals surface area contributed by atoms with Crippen LogP contribution in [-0.2, 0) is 15.2 Å². The lowest BCUT2D eigenvalue weighted by atomic mass is 9.99. The highest BCUT2D eigenvalue weighted by Crippen LogP contribution is 2.22. The third kappa shape index (κ3) is 3.80. The summed E-state index contributed by atoms with van der Waals surface area (Å²) in [6.45, 7) is 2.54. The first-order chi connectivity index (χ1) is 9.49. The van der Waals surface area contributed by atoms with Crippen molar-refractivity contribution >= 4 is 23.2 Å². The van der Waals surface area contributed by atoms with Crippen molar-refractivity contribution in [2.24, 2.45) is 0 Å². The lowest BCUT2D eigenvalue weighted by Crippen LogP contribution is -2.46. The molecule has 2 amide bonds. The maximum absolute atomic E-state index is 11.9. The smallest absolute Gasteiger partial charge is 0.239 e. The zero-order chi connectivity index (χ0) is 14.6. The molecule has 1 fully saturated rings. The van der Waals surface area contributed by atoms with Crippen LogP contribution in [0.1, 0.15) is 31.7 Å². The van der Waals surface area contributed by atoms with E-state index in [2.05, 4.69) is 5.32 Å². The molecule has 2 rings (SSSR count). The Hall–Kier alpha value is -1.40. The van der Waals surface area contributed by atoms with E-state index in [1.54, 1.807) is 11.8 Å². The highest BCUT2D eigenvalue weighted by atomic mass is 32.1. The number of carbonyl (C=O) groups is 2. The number of likely N-dealkylation sites (tertiary alicyclic amines) is 1. The monoisotopic (exact) mass is 296 g/mol. The van der Waals surface area contributed by atoms with Crippen LogP contribution in [0.3, 0.4) is 0 Å². The Kier molecular flexibility index (Phi) is 4.77. The van der Waals surface area contributed by atoms with Crippen LogP contribution in [0, 0.1) is 0 Å². The third-order valence-electron chi connectivity index (χ3n) is 3.53. The van der Waals surface area contributed by atoms with Crippen LogP contribution in [0.15, 0.2) is 16.8 Å². The summed E-state index contributed by atoms with van der Waals surface area (Å²) in [7, 11) is 0. The third-order valence-corrected chi connectivity index (χ3v) is 4.21. The van der Waals surface area contributed by atoms with Crippen molar-refractivity contribution in [1.29, 1.82) is 0 Å². The van der Waals surface area contributed by atoms with E-state index in [-0.39, 0.29) is 24.9 Å². The number of rotatable bonds is 5. The Morgan fingerprint density at radius 1 is 1.55 bits per heavy atom. The number of aliphatic hydroxyl groups is 1. The summed E-state index contributed by atoms with van der Waals surface area (Å²) in [6.07, 6.45) is 2.38. The number of piperidine rings is 1. The van der Waals surface area contributed by atoms with Gasteiger partial charge in [0.05, 0.1) is 13.1 Å². The molecule has 110 valence electrons. The molecular formula is C14H20N2O3S. The minimum absolute atomic E-state index is 0.0380. The fourth-order valence-corrected chi connectivity index (χ4v) is 2.98. The fraction of sp³-hybridized carbons (Fsp3) is 0.571. The molecule has 0 saturated carbocycles. The summed E-state index contributed by atoms with van der Waals surface area (Å²) in [5.74, 6) is -0.188. The quantitative estimate of drug-likeness (QED) is 0.854. The Morgan fingerprint density at radius 3 is 3.00 bits per heavy atom. The second kappa shape index (κ2) is 6.37. The van der Waals surface area contributed by atoms with Crippen LogP contribution >= 0.6 is 11.3 Å². The SMILES string of the molecule is CC(O)(CNC(=O)CN1CCCCC1=O)c1ccsc1. The number of amides is 2. The molecule has 0 bridgehead atoms. The van der Waals surface area contributed by atoms with Crippen LogP contribution in [0.2, 0.25) is 0 Å². The van der Waals surface area contributed by atoms with Gasteiger partial charge in [0.1, 0.15) is 5.60 Å². The van der Waals surface area contributed by atoms with E-state index in [4.69, 9.17) is 0 Å². The van der Waals surface area contributed by atoms with Gasteiger partial charge in [-0.25, -0.2) is 0 Å². The molecular weight excluding hydrogens is 276 g/mol. The molecule has 20 heavy (non-hydrogen) atoms. The standard InChI is InChI=1S/C14H20N2O3S/c1-14(19,11-5-7-20-9-11)10-15-12(17)8-16-6-3-2-4-13(16)18/h5,7,9,19H,2-4,6,8,10H2,1H3,(H,15,17). The zero-order valence-corrected chi connectivity index (χ0v) is 12.4. The number of hydrogen-bond donors (Lipinski definition) is 2. The minimum Gasteiger partial charge on any atom is -0.384 e. The topological polar surface area (TPSA) is 69.6 Å². The zero-order valence-electron chi connectivity index (χ0n) is 11.6. The molecule has 1 unspecified atom stereocenters. The molecule has 1 atom stereocenters. The van der Waals surface area contributed by atoms with E-state index in [0.29, 0.717) is 13.0 Å². The highest BCUT2D eigenvalue weighted by molar-refractivity contribution is 7.08. The van der Waals surface area contributed by atoms with Gasteiger partial charge in [-0.2, -0.15) is 11.3 Å². The summed E-state index contributed by atoms with van der Waals surface area (Å²) in [6, 6.07) is 1.84. The van der Waals surface area contributed by atoms with E-state index in [1.165, 1.54) is 11.3 Å². The Morgan fingerprint density at radius 2 is 2.35 bits per heavy atom. The lowest BCUT2D eigenvalue weighted by molar-refractivity contribution is -0.138. The van der Waals surface area contributed by atoms with Crippen LogP contribution in [0.4, 0.5) is 0 Å². The van der Waals surface area contributed by atoms with Gasteiger partial charge in [-0.15, -0.1) is 0 Å². The molecule has 0 aromatic carbocycles. The summed E-state index contributed by atoms with van der Waals surface area (Å²) < 4.78 is 0. The number of nitrogens with one attached hydrogen (secondary N) is 1. The van der Waals surface area contributed by atoms with Gasteiger partial charge >= 0.3 is 0 Å². The minimum atomic E-state index is -1.08. The van der Waals surface area contributed by atoms with Crippen molar-refractivity contribution in [2.75, 3.05) is 19.6 Å². The fourth-order valence-electron chi connectivity index (χ4n) is 2.20. The number of thiophene rings is 1. The van der Waals surface area contributed by atoms with Crippen LogP contribution in [-0.4, -0.2) is 41.5 Å². The first-order valence-electron chi connectivity index (χ1n) is 6.78. The maximum atomic E-state index is 11.9. The van der Waals surface area contributed by atoms with Crippen LogP contribution in [0.25, 0.3) is 0 Å². The van der Waals surface area contributed by atoms with Gasteiger partial charge in [-0.3, -0.25) is 9.59 Å². The predicted molar refractivity (Wildman–Crippen MR) is 77.3 cm³/mol. The van der Waals surface area contributed by atoms with Crippen molar-refractivity contribution in [3.05, 3.63) is 22.4 Å². The van der Waals surface area contributed by atoms with Crippen molar-refractivity contribution in [3.63, 3.8) is 0 Å². The molecule has 5 nitrogen and oxygen atoms in total. The van der Waals surface area contributed by atoms with Crippen LogP contribution in [0.5, 0.6) is 0 Å². The first kappa shape index (κ1) is 15.0. The summed E-state index contributed by atoms with van der Waals surface area (Å²) >= 11 is 1.50. The molecule has 2 heterocycles. The summed E-state index contributed by atoms with van der Waals surface area (Å²) in [4.78, 5) is 25.1. The normalized spacial score (nSPS) is 18.7. The lowest BCUT2D eigenvalue weighted by Gasteiger charge is -2.27. The molecule has 1 aliphatic rings.